The van der Waals surface area contributed by atoms with Crippen molar-refractivity contribution in [1.29, 1.82) is 0 Å². The summed E-state index contributed by atoms with van der Waals surface area (Å²) in [5.41, 5.74) is 2.69. The molecule has 2 N–H and O–H groups in total. The first kappa shape index (κ1) is 14.6. The zero-order chi connectivity index (χ0) is 14.5. The van der Waals surface area contributed by atoms with E-state index in [0.29, 0.717) is 12.1 Å². The molecule has 3 nitrogen and oxygen atoms in total. The van der Waals surface area contributed by atoms with E-state index in [1.807, 2.05) is 7.11 Å². The van der Waals surface area contributed by atoms with Gasteiger partial charge in [0.15, 0.2) is 0 Å². The molecular formula is C18H26N2O. The van der Waals surface area contributed by atoms with Crippen LogP contribution in [0.2, 0.25) is 0 Å². The second kappa shape index (κ2) is 7.10. The highest BCUT2D eigenvalue weighted by Crippen LogP contribution is 2.21. The standard InChI is InChI=1S/C18H26N2O/c1-21-16-10-8-15(9-11-16)19-12-4-5-14-13-20-18-7-3-2-6-17(14)18/h2-3,6-7,13,15-16,19-20H,4-5,8-12H2,1H3. The fourth-order valence-electron chi connectivity index (χ4n) is 3.43. The average molecular weight is 286 g/mol. The lowest BCUT2D eigenvalue weighted by atomic mass is 9.93. The van der Waals surface area contributed by atoms with E-state index in [-0.39, 0.29) is 0 Å². The summed E-state index contributed by atoms with van der Waals surface area (Å²) in [6.07, 6.45) is 9.92. The van der Waals surface area contributed by atoms with Gasteiger partial charge in [-0.05, 0) is 56.7 Å². The maximum atomic E-state index is 5.42. The Morgan fingerprint density at radius 1 is 1.19 bits per heavy atom. The van der Waals surface area contributed by atoms with Gasteiger partial charge in [0.25, 0.3) is 0 Å². The Hall–Kier alpha value is -1.32. The van der Waals surface area contributed by atoms with Gasteiger partial charge in [0.1, 0.15) is 0 Å². The second-order valence-corrected chi connectivity index (χ2v) is 6.13. The van der Waals surface area contributed by atoms with Gasteiger partial charge in [-0.3, -0.25) is 0 Å². The number of nitrogens with one attached hydrogen (secondary N) is 2. The number of fused-ring (bicyclic) bond motifs is 1. The van der Waals surface area contributed by atoms with Gasteiger partial charge in [0.05, 0.1) is 6.10 Å². The number of hydrogen-bond donors (Lipinski definition) is 2. The van der Waals surface area contributed by atoms with E-state index in [1.54, 1.807) is 0 Å². The SMILES string of the molecule is COC1CCC(NCCCc2c[nH]c3ccccc23)CC1. The minimum absolute atomic E-state index is 0.495. The molecule has 3 rings (SSSR count). The lowest BCUT2D eigenvalue weighted by molar-refractivity contribution is 0.0626. The van der Waals surface area contributed by atoms with E-state index in [0.717, 1.165) is 13.0 Å². The molecule has 1 saturated carbocycles. The first-order chi connectivity index (χ1) is 10.4. The molecule has 114 valence electrons. The summed E-state index contributed by atoms with van der Waals surface area (Å²) in [5.74, 6) is 0. The van der Waals surface area contributed by atoms with E-state index in [9.17, 15) is 0 Å². The predicted molar refractivity (Wildman–Crippen MR) is 87.7 cm³/mol. The maximum Gasteiger partial charge on any atom is 0.0572 e. The van der Waals surface area contributed by atoms with Crippen LogP contribution in [0.15, 0.2) is 30.5 Å². The first-order valence-electron chi connectivity index (χ1n) is 8.18. The summed E-state index contributed by atoms with van der Waals surface area (Å²) in [7, 11) is 1.83. The van der Waals surface area contributed by atoms with Crippen molar-refractivity contribution in [2.75, 3.05) is 13.7 Å². The van der Waals surface area contributed by atoms with E-state index >= 15 is 0 Å². The molecule has 0 unspecified atom stereocenters. The third-order valence-corrected chi connectivity index (χ3v) is 4.74. The van der Waals surface area contributed by atoms with Crippen LogP contribution >= 0.6 is 0 Å². The summed E-state index contributed by atoms with van der Waals surface area (Å²) < 4.78 is 5.42. The van der Waals surface area contributed by atoms with Gasteiger partial charge in [0, 0.05) is 30.3 Å². The van der Waals surface area contributed by atoms with Gasteiger partial charge in [0.2, 0.25) is 0 Å². The maximum absolute atomic E-state index is 5.42. The van der Waals surface area contributed by atoms with Crippen LogP contribution in [0.3, 0.4) is 0 Å². The van der Waals surface area contributed by atoms with Gasteiger partial charge >= 0.3 is 0 Å². The summed E-state index contributed by atoms with van der Waals surface area (Å²) >= 11 is 0. The van der Waals surface area contributed by atoms with E-state index in [4.69, 9.17) is 4.74 Å². The molecule has 0 radical (unpaired) electrons. The molecule has 1 fully saturated rings. The van der Waals surface area contributed by atoms with Gasteiger partial charge in [-0.15, -0.1) is 0 Å². The van der Waals surface area contributed by atoms with Crippen molar-refractivity contribution in [3.63, 3.8) is 0 Å². The molecule has 2 aromatic rings. The lowest BCUT2D eigenvalue weighted by Gasteiger charge is -2.28. The summed E-state index contributed by atoms with van der Waals surface area (Å²) in [6.45, 7) is 1.11. The molecule has 0 bridgehead atoms. The monoisotopic (exact) mass is 286 g/mol. The number of ether oxygens (including phenoxy) is 1. The fraction of sp³-hybridized carbons (Fsp3) is 0.556. The van der Waals surface area contributed by atoms with Gasteiger partial charge in [-0.2, -0.15) is 0 Å². The van der Waals surface area contributed by atoms with Crippen LogP contribution in [0.1, 0.15) is 37.7 Å². The number of aryl methyl sites for hydroxylation is 1. The van der Waals surface area contributed by atoms with E-state index in [1.165, 1.54) is 48.6 Å². The molecular weight excluding hydrogens is 260 g/mol. The highest BCUT2D eigenvalue weighted by Gasteiger charge is 2.19. The normalized spacial score (nSPS) is 22.7. The zero-order valence-corrected chi connectivity index (χ0v) is 12.9. The average Bonchev–Trinajstić information content (AvgIpc) is 2.95. The molecule has 1 aromatic heterocycles. The number of rotatable bonds is 6. The molecule has 0 spiro atoms. The van der Waals surface area contributed by atoms with Crippen LogP contribution in [0, 0.1) is 0 Å². The Bertz CT molecular complexity index is 555. The topological polar surface area (TPSA) is 37.0 Å². The third-order valence-electron chi connectivity index (χ3n) is 4.74. The first-order valence-corrected chi connectivity index (χ1v) is 8.18. The number of hydrogen-bond acceptors (Lipinski definition) is 2. The molecule has 0 atom stereocenters. The van der Waals surface area contributed by atoms with Crippen molar-refractivity contribution in [3.05, 3.63) is 36.0 Å². The minimum atomic E-state index is 0.495. The molecule has 1 aliphatic rings. The number of aromatic amines is 1. The molecule has 0 aliphatic heterocycles. The Labute approximate surface area is 127 Å². The fourth-order valence-corrected chi connectivity index (χ4v) is 3.43. The Morgan fingerprint density at radius 2 is 2.00 bits per heavy atom. The minimum Gasteiger partial charge on any atom is -0.381 e. The lowest BCUT2D eigenvalue weighted by Crippen LogP contribution is -2.35. The number of H-pyrrole nitrogens is 1. The zero-order valence-electron chi connectivity index (χ0n) is 12.9. The summed E-state index contributed by atoms with van der Waals surface area (Å²) in [5, 5.41) is 5.08. The van der Waals surface area contributed by atoms with E-state index < -0.39 is 0 Å². The van der Waals surface area contributed by atoms with Crippen molar-refractivity contribution in [2.24, 2.45) is 0 Å². The molecule has 1 aromatic carbocycles. The van der Waals surface area contributed by atoms with Crippen molar-refractivity contribution in [3.8, 4) is 0 Å². The smallest absolute Gasteiger partial charge is 0.0572 e. The van der Waals surface area contributed by atoms with Gasteiger partial charge in [-0.25, -0.2) is 0 Å². The van der Waals surface area contributed by atoms with Gasteiger partial charge < -0.3 is 15.0 Å². The highest BCUT2D eigenvalue weighted by molar-refractivity contribution is 5.82. The van der Waals surface area contributed by atoms with Crippen molar-refractivity contribution in [2.45, 2.75) is 50.7 Å². The number of aromatic nitrogens is 1. The number of methoxy groups -OCH3 is 1. The number of benzene rings is 1. The Balaban J connectivity index is 1.41. The van der Waals surface area contributed by atoms with Crippen LogP contribution in [0.4, 0.5) is 0 Å². The van der Waals surface area contributed by atoms with Crippen LogP contribution in [0.25, 0.3) is 10.9 Å². The molecule has 0 saturated heterocycles. The highest BCUT2D eigenvalue weighted by atomic mass is 16.5. The molecule has 0 amide bonds. The molecule has 1 heterocycles. The largest absolute Gasteiger partial charge is 0.381 e. The Morgan fingerprint density at radius 3 is 2.81 bits per heavy atom. The second-order valence-electron chi connectivity index (χ2n) is 6.13. The van der Waals surface area contributed by atoms with Crippen molar-refractivity contribution >= 4 is 10.9 Å². The van der Waals surface area contributed by atoms with Crippen LogP contribution < -0.4 is 5.32 Å². The van der Waals surface area contributed by atoms with Crippen LogP contribution in [0.5, 0.6) is 0 Å². The molecule has 1 aliphatic carbocycles. The molecule has 21 heavy (non-hydrogen) atoms. The van der Waals surface area contributed by atoms with Crippen molar-refractivity contribution < 1.29 is 4.74 Å². The summed E-state index contributed by atoms with van der Waals surface area (Å²) in [4.78, 5) is 3.36. The van der Waals surface area contributed by atoms with Crippen LogP contribution in [-0.2, 0) is 11.2 Å². The van der Waals surface area contributed by atoms with E-state index in [2.05, 4.69) is 40.8 Å². The van der Waals surface area contributed by atoms with Gasteiger partial charge in [-0.1, -0.05) is 18.2 Å². The third kappa shape index (κ3) is 3.66. The van der Waals surface area contributed by atoms with Crippen LogP contribution in [-0.4, -0.2) is 30.8 Å². The van der Waals surface area contributed by atoms with Crippen molar-refractivity contribution in [1.82, 2.24) is 10.3 Å². The Kier molecular flexibility index (Phi) is 4.94. The summed E-state index contributed by atoms with van der Waals surface area (Å²) in [6, 6.07) is 9.25. The molecule has 3 heteroatoms. The predicted octanol–water partition coefficient (Wildman–Crippen LogP) is 3.65. The quantitative estimate of drug-likeness (QED) is 0.795. The number of para-hydroxylation sites is 1.